The Balaban J connectivity index is 1.65. The van der Waals surface area contributed by atoms with Crippen LogP contribution in [0, 0.1) is 16.0 Å². The van der Waals surface area contributed by atoms with E-state index in [9.17, 15) is 19.7 Å². The zero-order valence-corrected chi connectivity index (χ0v) is 19.2. The van der Waals surface area contributed by atoms with E-state index in [-0.39, 0.29) is 35.7 Å². The molecule has 3 aromatic rings. The van der Waals surface area contributed by atoms with E-state index in [4.69, 9.17) is 0 Å². The molecule has 9 heteroatoms. The summed E-state index contributed by atoms with van der Waals surface area (Å²) in [7, 11) is 0. The van der Waals surface area contributed by atoms with Crippen LogP contribution < -0.4 is 16.0 Å². The predicted octanol–water partition coefficient (Wildman–Crippen LogP) is 4.69. The smallest absolute Gasteiger partial charge is 0.293 e. The highest BCUT2D eigenvalue weighted by atomic mass is 16.6. The largest absolute Gasteiger partial charge is 0.371 e. The number of carbonyl (C=O) groups excluding carboxylic acids is 2. The van der Waals surface area contributed by atoms with Crippen LogP contribution in [0.5, 0.6) is 0 Å². The molecular formula is C25H27N5O4. The molecule has 0 bridgehead atoms. The first kappa shape index (κ1) is 24.4. The molecule has 0 spiro atoms. The third-order valence-corrected chi connectivity index (χ3v) is 5.16. The quantitative estimate of drug-likeness (QED) is 0.314. The minimum absolute atomic E-state index is 0.0741. The van der Waals surface area contributed by atoms with Gasteiger partial charge in [-0.05, 0) is 48.9 Å². The van der Waals surface area contributed by atoms with Crippen molar-refractivity contribution in [3.05, 3.63) is 93.8 Å². The average Bonchev–Trinajstić information content (AvgIpc) is 2.83. The van der Waals surface area contributed by atoms with Crippen LogP contribution in [-0.2, 0) is 11.3 Å². The number of hydrogen-bond acceptors (Lipinski definition) is 6. The zero-order chi connectivity index (χ0) is 24.7. The number of nitrogens with one attached hydrogen (secondary N) is 3. The summed E-state index contributed by atoms with van der Waals surface area (Å²) in [6.45, 7) is 5.72. The summed E-state index contributed by atoms with van der Waals surface area (Å²) in [5, 5.41) is 20.3. The number of pyridine rings is 1. The molecule has 0 aliphatic carbocycles. The third-order valence-electron chi connectivity index (χ3n) is 5.16. The van der Waals surface area contributed by atoms with Crippen LogP contribution in [0.2, 0.25) is 0 Å². The van der Waals surface area contributed by atoms with Crippen molar-refractivity contribution < 1.29 is 14.5 Å². The Bertz CT molecular complexity index is 1160. The van der Waals surface area contributed by atoms with Gasteiger partial charge in [0.05, 0.1) is 16.7 Å². The lowest BCUT2D eigenvalue weighted by molar-refractivity contribution is -0.384. The molecule has 2 amide bonds. The number of aromatic nitrogens is 1. The molecule has 1 atom stereocenters. The van der Waals surface area contributed by atoms with Crippen LogP contribution in [0.3, 0.4) is 0 Å². The Morgan fingerprint density at radius 3 is 2.38 bits per heavy atom. The average molecular weight is 462 g/mol. The predicted molar refractivity (Wildman–Crippen MR) is 130 cm³/mol. The van der Waals surface area contributed by atoms with Gasteiger partial charge in [0.1, 0.15) is 5.69 Å². The molecule has 1 aromatic heterocycles. The summed E-state index contributed by atoms with van der Waals surface area (Å²) < 4.78 is 0. The van der Waals surface area contributed by atoms with Gasteiger partial charge < -0.3 is 16.0 Å². The van der Waals surface area contributed by atoms with Gasteiger partial charge in [-0.2, -0.15) is 0 Å². The van der Waals surface area contributed by atoms with Crippen molar-refractivity contribution in [1.82, 2.24) is 10.3 Å². The first-order valence-electron chi connectivity index (χ1n) is 10.9. The molecule has 0 saturated heterocycles. The van der Waals surface area contributed by atoms with Gasteiger partial charge in [0.15, 0.2) is 0 Å². The fourth-order valence-corrected chi connectivity index (χ4v) is 3.16. The van der Waals surface area contributed by atoms with Crippen LogP contribution in [0.25, 0.3) is 0 Å². The van der Waals surface area contributed by atoms with Gasteiger partial charge in [-0.3, -0.25) is 24.7 Å². The van der Waals surface area contributed by atoms with E-state index in [0.717, 1.165) is 11.3 Å². The zero-order valence-electron chi connectivity index (χ0n) is 19.2. The maximum Gasteiger partial charge on any atom is 0.293 e. The van der Waals surface area contributed by atoms with Crippen molar-refractivity contribution in [1.29, 1.82) is 0 Å². The second-order valence-corrected chi connectivity index (χ2v) is 8.13. The Labute approximate surface area is 197 Å². The summed E-state index contributed by atoms with van der Waals surface area (Å²) in [4.78, 5) is 39.8. The second kappa shape index (κ2) is 11.0. The molecule has 9 nitrogen and oxygen atoms in total. The fraction of sp³-hybridized carbons (Fsp3) is 0.240. The molecule has 0 fully saturated rings. The highest BCUT2D eigenvalue weighted by molar-refractivity contribution is 5.95. The van der Waals surface area contributed by atoms with Crippen molar-refractivity contribution >= 4 is 28.9 Å². The van der Waals surface area contributed by atoms with Crippen LogP contribution in [-0.4, -0.2) is 21.7 Å². The first-order valence-corrected chi connectivity index (χ1v) is 10.9. The van der Waals surface area contributed by atoms with Gasteiger partial charge in [0.2, 0.25) is 5.91 Å². The van der Waals surface area contributed by atoms with Crippen LogP contribution in [0.15, 0.2) is 66.9 Å². The van der Waals surface area contributed by atoms with Gasteiger partial charge in [-0.15, -0.1) is 0 Å². The van der Waals surface area contributed by atoms with Crippen molar-refractivity contribution in [3.63, 3.8) is 0 Å². The van der Waals surface area contributed by atoms with E-state index in [1.165, 1.54) is 12.1 Å². The monoisotopic (exact) mass is 461 g/mol. The van der Waals surface area contributed by atoms with Gasteiger partial charge in [0.25, 0.3) is 11.6 Å². The summed E-state index contributed by atoms with van der Waals surface area (Å²) in [5.74, 6) is -0.623. The van der Waals surface area contributed by atoms with E-state index < -0.39 is 10.8 Å². The minimum Gasteiger partial charge on any atom is -0.371 e. The molecule has 0 aliphatic heterocycles. The first-order chi connectivity index (χ1) is 16.2. The second-order valence-electron chi connectivity index (χ2n) is 8.13. The maximum absolute atomic E-state index is 12.6. The Hall–Kier alpha value is -4.27. The Kier molecular flexibility index (Phi) is 7.92. The molecular weight excluding hydrogens is 434 g/mol. The lowest BCUT2D eigenvalue weighted by Gasteiger charge is -2.15. The number of rotatable bonds is 9. The fourth-order valence-electron chi connectivity index (χ4n) is 3.16. The maximum atomic E-state index is 12.6. The number of carbonyl (C=O) groups is 2. The van der Waals surface area contributed by atoms with Crippen LogP contribution >= 0.6 is 0 Å². The highest BCUT2D eigenvalue weighted by Gasteiger charge is 2.19. The number of amides is 2. The molecule has 3 rings (SSSR count). The van der Waals surface area contributed by atoms with E-state index in [1.54, 1.807) is 42.6 Å². The summed E-state index contributed by atoms with van der Waals surface area (Å²) in [6.07, 6.45) is 1.66. The molecule has 0 radical (unpaired) electrons. The summed E-state index contributed by atoms with van der Waals surface area (Å²) in [6, 6.07) is 16.7. The molecule has 0 saturated carbocycles. The summed E-state index contributed by atoms with van der Waals surface area (Å²) >= 11 is 0. The number of benzene rings is 2. The SMILES string of the molecule is CC(C)C(=O)Nc1ccc(CNC(=O)c2ccc(NC(C)c3ccccn3)c([N+](=O)[O-])c2)cc1. The van der Waals surface area contributed by atoms with Gasteiger partial charge in [-0.25, -0.2) is 0 Å². The van der Waals surface area contributed by atoms with Gasteiger partial charge in [0, 0.05) is 36.0 Å². The third kappa shape index (κ3) is 6.38. The number of nitrogens with zero attached hydrogens (tertiary/aromatic N) is 2. The molecule has 34 heavy (non-hydrogen) atoms. The van der Waals surface area contributed by atoms with Crippen LogP contribution in [0.4, 0.5) is 17.1 Å². The van der Waals surface area contributed by atoms with E-state index in [2.05, 4.69) is 20.9 Å². The normalized spacial score (nSPS) is 11.5. The minimum atomic E-state index is -0.519. The number of nitro benzene ring substituents is 1. The van der Waals surface area contributed by atoms with Crippen LogP contribution in [0.1, 0.15) is 48.4 Å². The number of hydrogen-bond donors (Lipinski definition) is 3. The molecule has 176 valence electrons. The molecule has 0 aliphatic rings. The number of anilines is 2. The van der Waals surface area contributed by atoms with E-state index in [1.807, 2.05) is 32.9 Å². The van der Waals surface area contributed by atoms with Crippen molar-refractivity contribution in [2.75, 3.05) is 10.6 Å². The molecule has 1 heterocycles. The Morgan fingerprint density at radius 2 is 1.76 bits per heavy atom. The molecule has 2 aromatic carbocycles. The van der Waals surface area contributed by atoms with E-state index >= 15 is 0 Å². The van der Waals surface area contributed by atoms with Crippen molar-refractivity contribution in [2.24, 2.45) is 5.92 Å². The van der Waals surface area contributed by atoms with Gasteiger partial charge in [-0.1, -0.05) is 32.0 Å². The Morgan fingerprint density at radius 1 is 1.03 bits per heavy atom. The number of nitro groups is 1. The van der Waals surface area contributed by atoms with Crippen molar-refractivity contribution in [2.45, 2.75) is 33.4 Å². The highest BCUT2D eigenvalue weighted by Crippen LogP contribution is 2.29. The topological polar surface area (TPSA) is 126 Å². The lowest BCUT2D eigenvalue weighted by atomic mass is 10.1. The van der Waals surface area contributed by atoms with Crippen molar-refractivity contribution in [3.8, 4) is 0 Å². The van der Waals surface area contributed by atoms with Gasteiger partial charge >= 0.3 is 0 Å². The summed E-state index contributed by atoms with van der Waals surface area (Å²) in [5.41, 5.74) is 2.54. The standard InChI is InChI=1S/C25H27N5O4/c1-16(2)24(31)29-20-10-7-18(8-11-20)15-27-25(32)19-9-12-22(23(14-19)30(33)34)28-17(3)21-6-4-5-13-26-21/h4-14,16-17,28H,15H2,1-3H3,(H,27,32)(H,29,31). The molecule has 1 unspecified atom stereocenters. The molecule has 3 N–H and O–H groups in total. The van der Waals surface area contributed by atoms with E-state index in [0.29, 0.717) is 11.4 Å². The lowest BCUT2D eigenvalue weighted by Crippen LogP contribution is -2.23.